The van der Waals surface area contributed by atoms with Gasteiger partial charge in [0.2, 0.25) is 0 Å². The molecule has 1 N–H and O–H groups in total. The van der Waals surface area contributed by atoms with Crippen molar-refractivity contribution in [2.24, 2.45) is 0 Å². The number of hydrogen-bond donors (Lipinski definition) is 1. The van der Waals surface area contributed by atoms with Crippen molar-refractivity contribution in [3.8, 4) is 0 Å². The SMILES string of the molecule is CCN(Cc1ccccc1)CC(O)c1cccs1. The first kappa shape index (κ1) is 13.3. The van der Waals surface area contributed by atoms with E-state index in [-0.39, 0.29) is 6.10 Å². The van der Waals surface area contributed by atoms with Gasteiger partial charge in [0, 0.05) is 18.0 Å². The van der Waals surface area contributed by atoms with Gasteiger partial charge in [0.15, 0.2) is 0 Å². The largest absolute Gasteiger partial charge is 0.386 e. The number of thiophene rings is 1. The zero-order valence-electron chi connectivity index (χ0n) is 10.6. The van der Waals surface area contributed by atoms with Gasteiger partial charge in [-0.1, -0.05) is 43.3 Å². The average Bonchev–Trinajstić information content (AvgIpc) is 2.93. The average molecular weight is 261 g/mol. The fourth-order valence-corrected chi connectivity index (χ4v) is 2.67. The third-order valence-electron chi connectivity index (χ3n) is 3.00. The molecule has 0 amide bonds. The molecule has 0 aliphatic heterocycles. The molecule has 0 aliphatic carbocycles. The fraction of sp³-hybridized carbons (Fsp3) is 0.333. The van der Waals surface area contributed by atoms with Crippen LogP contribution in [0, 0.1) is 0 Å². The lowest BCUT2D eigenvalue weighted by Crippen LogP contribution is -2.27. The van der Waals surface area contributed by atoms with E-state index < -0.39 is 0 Å². The van der Waals surface area contributed by atoms with E-state index in [9.17, 15) is 5.11 Å². The monoisotopic (exact) mass is 261 g/mol. The quantitative estimate of drug-likeness (QED) is 0.862. The molecule has 0 saturated heterocycles. The lowest BCUT2D eigenvalue weighted by atomic mass is 10.2. The minimum atomic E-state index is -0.381. The van der Waals surface area contributed by atoms with Gasteiger partial charge in [-0.2, -0.15) is 0 Å². The van der Waals surface area contributed by atoms with Crippen LogP contribution in [0.25, 0.3) is 0 Å². The topological polar surface area (TPSA) is 23.5 Å². The molecule has 0 saturated carbocycles. The third kappa shape index (κ3) is 3.67. The van der Waals surface area contributed by atoms with E-state index in [1.807, 2.05) is 23.6 Å². The molecule has 2 aromatic rings. The molecular weight excluding hydrogens is 242 g/mol. The van der Waals surface area contributed by atoms with Gasteiger partial charge in [-0.15, -0.1) is 11.3 Å². The highest BCUT2D eigenvalue weighted by Crippen LogP contribution is 2.20. The standard InChI is InChI=1S/C15H19NOS/c1-2-16(11-13-7-4-3-5-8-13)12-14(17)15-9-6-10-18-15/h3-10,14,17H,2,11-12H2,1H3. The summed E-state index contributed by atoms with van der Waals surface area (Å²) in [6, 6.07) is 14.4. The number of aliphatic hydroxyl groups excluding tert-OH is 1. The van der Waals surface area contributed by atoms with Gasteiger partial charge in [0.1, 0.15) is 6.10 Å². The van der Waals surface area contributed by atoms with Crippen molar-refractivity contribution in [1.82, 2.24) is 4.90 Å². The lowest BCUT2D eigenvalue weighted by Gasteiger charge is -2.23. The molecule has 0 radical (unpaired) electrons. The Bertz CT molecular complexity index is 441. The molecule has 1 unspecified atom stereocenters. The zero-order chi connectivity index (χ0) is 12.8. The Morgan fingerprint density at radius 3 is 2.56 bits per heavy atom. The predicted molar refractivity (Wildman–Crippen MR) is 76.7 cm³/mol. The van der Waals surface area contributed by atoms with Crippen molar-refractivity contribution in [2.45, 2.75) is 19.6 Å². The van der Waals surface area contributed by atoms with Gasteiger partial charge in [-0.3, -0.25) is 4.90 Å². The lowest BCUT2D eigenvalue weighted by molar-refractivity contribution is 0.115. The molecule has 2 nitrogen and oxygen atoms in total. The van der Waals surface area contributed by atoms with Gasteiger partial charge < -0.3 is 5.11 Å². The molecule has 1 heterocycles. The van der Waals surface area contributed by atoms with Crippen LogP contribution in [0.1, 0.15) is 23.5 Å². The Morgan fingerprint density at radius 1 is 1.17 bits per heavy atom. The molecular formula is C15H19NOS. The molecule has 0 fully saturated rings. The van der Waals surface area contributed by atoms with E-state index in [2.05, 4.69) is 36.1 Å². The summed E-state index contributed by atoms with van der Waals surface area (Å²) in [5.74, 6) is 0. The van der Waals surface area contributed by atoms with E-state index in [0.29, 0.717) is 6.54 Å². The van der Waals surface area contributed by atoms with E-state index in [4.69, 9.17) is 0 Å². The Balaban J connectivity index is 1.93. The highest BCUT2D eigenvalue weighted by atomic mass is 32.1. The van der Waals surface area contributed by atoms with Crippen LogP contribution in [0.4, 0.5) is 0 Å². The molecule has 0 bridgehead atoms. The Labute approximate surface area is 113 Å². The molecule has 2 rings (SSSR count). The van der Waals surface area contributed by atoms with Crippen LogP contribution in [0.15, 0.2) is 47.8 Å². The predicted octanol–water partition coefficient (Wildman–Crippen LogP) is 3.30. The minimum Gasteiger partial charge on any atom is -0.386 e. The molecule has 0 spiro atoms. The van der Waals surface area contributed by atoms with Crippen LogP contribution >= 0.6 is 11.3 Å². The summed E-state index contributed by atoms with van der Waals surface area (Å²) < 4.78 is 0. The highest BCUT2D eigenvalue weighted by molar-refractivity contribution is 7.10. The number of likely N-dealkylation sites (N-methyl/N-ethyl adjacent to an activating group) is 1. The normalized spacial score (nSPS) is 12.8. The van der Waals surface area contributed by atoms with Crippen LogP contribution in [0.2, 0.25) is 0 Å². The molecule has 1 aromatic carbocycles. The summed E-state index contributed by atoms with van der Waals surface area (Å²) in [6.45, 7) is 4.65. The zero-order valence-corrected chi connectivity index (χ0v) is 11.4. The fourth-order valence-electron chi connectivity index (χ4n) is 1.96. The maximum atomic E-state index is 10.2. The van der Waals surface area contributed by atoms with E-state index in [1.165, 1.54) is 5.56 Å². The van der Waals surface area contributed by atoms with Crippen molar-refractivity contribution in [3.63, 3.8) is 0 Å². The maximum Gasteiger partial charge on any atom is 0.101 e. The van der Waals surface area contributed by atoms with Crippen molar-refractivity contribution >= 4 is 11.3 Å². The van der Waals surface area contributed by atoms with E-state index in [1.54, 1.807) is 11.3 Å². The van der Waals surface area contributed by atoms with Crippen LogP contribution in [-0.2, 0) is 6.54 Å². The first-order chi connectivity index (χ1) is 8.79. The molecule has 18 heavy (non-hydrogen) atoms. The maximum absolute atomic E-state index is 10.2. The number of aliphatic hydroxyl groups is 1. The highest BCUT2D eigenvalue weighted by Gasteiger charge is 2.13. The van der Waals surface area contributed by atoms with Crippen molar-refractivity contribution in [3.05, 3.63) is 58.3 Å². The van der Waals surface area contributed by atoms with Gasteiger partial charge in [0.05, 0.1) is 0 Å². The summed E-state index contributed by atoms with van der Waals surface area (Å²) in [7, 11) is 0. The molecule has 96 valence electrons. The summed E-state index contributed by atoms with van der Waals surface area (Å²) >= 11 is 1.61. The summed E-state index contributed by atoms with van der Waals surface area (Å²) in [4.78, 5) is 3.31. The van der Waals surface area contributed by atoms with E-state index >= 15 is 0 Å². The summed E-state index contributed by atoms with van der Waals surface area (Å²) in [6.07, 6.45) is -0.381. The summed E-state index contributed by atoms with van der Waals surface area (Å²) in [5.41, 5.74) is 1.29. The molecule has 1 aromatic heterocycles. The van der Waals surface area contributed by atoms with Crippen LogP contribution in [-0.4, -0.2) is 23.1 Å². The summed E-state index contributed by atoms with van der Waals surface area (Å²) in [5, 5.41) is 12.2. The van der Waals surface area contributed by atoms with Crippen LogP contribution < -0.4 is 0 Å². The third-order valence-corrected chi connectivity index (χ3v) is 3.97. The molecule has 1 atom stereocenters. The van der Waals surface area contributed by atoms with Crippen LogP contribution in [0.5, 0.6) is 0 Å². The van der Waals surface area contributed by atoms with Gasteiger partial charge >= 0.3 is 0 Å². The van der Waals surface area contributed by atoms with Crippen molar-refractivity contribution in [2.75, 3.05) is 13.1 Å². The first-order valence-electron chi connectivity index (χ1n) is 6.27. The van der Waals surface area contributed by atoms with Gasteiger partial charge in [-0.05, 0) is 23.6 Å². The second-order valence-corrected chi connectivity index (χ2v) is 5.32. The number of rotatable bonds is 6. The van der Waals surface area contributed by atoms with Gasteiger partial charge in [0.25, 0.3) is 0 Å². The van der Waals surface area contributed by atoms with Crippen molar-refractivity contribution < 1.29 is 5.11 Å². The number of hydrogen-bond acceptors (Lipinski definition) is 3. The number of nitrogens with zero attached hydrogens (tertiary/aromatic N) is 1. The number of benzene rings is 1. The molecule has 3 heteroatoms. The Kier molecular flexibility index (Phi) is 4.93. The Hall–Kier alpha value is -1.16. The second kappa shape index (κ2) is 6.69. The Morgan fingerprint density at radius 2 is 1.94 bits per heavy atom. The van der Waals surface area contributed by atoms with Gasteiger partial charge in [-0.25, -0.2) is 0 Å². The van der Waals surface area contributed by atoms with E-state index in [0.717, 1.165) is 18.0 Å². The van der Waals surface area contributed by atoms with Crippen LogP contribution in [0.3, 0.4) is 0 Å². The van der Waals surface area contributed by atoms with Crippen molar-refractivity contribution in [1.29, 1.82) is 0 Å². The second-order valence-electron chi connectivity index (χ2n) is 4.34. The first-order valence-corrected chi connectivity index (χ1v) is 7.15. The smallest absolute Gasteiger partial charge is 0.101 e. The minimum absolute atomic E-state index is 0.381. The molecule has 0 aliphatic rings.